The zero-order valence-corrected chi connectivity index (χ0v) is 9.23. The van der Waals surface area contributed by atoms with Crippen LogP contribution in [0.25, 0.3) is 0 Å². The molecule has 1 heterocycles. The van der Waals surface area contributed by atoms with Gasteiger partial charge < -0.3 is 10.1 Å². The maximum absolute atomic E-state index is 12.0. The third-order valence-electron chi connectivity index (χ3n) is 3.66. The highest BCUT2D eigenvalue weighted by molar-refractivity contribution is 6.08. The van der Waals surface area contributed by atoms with Crippen molar-refractivity contribution in [1.82, 2.24) is 10.6 Å². The predicted octanol–water partition coefficient (Wildman–Crippen LogP) is -0.216. The Morgan fingerprint density at radius 2 is 2.41 bits per heavy atom. The molecule has 3 amide bonds. The molecule has 1 saturated heterocycles. The van der Waals surface area contributed by atoms with Crippen LogP contribution in [-0.4, -0.2) is 30.1 Å². The molecule has 2 unspecified atom stereocenters. The lowest BCUT2D eigenvalue weighted by molar-refractivity contribution is -0.146. The molecule has 3 rings (SSSR count). The number of ether oxygens (including phenoxy) is 1. The van der Waals surface area contributed by atoms with E-state index in [1.807, 2.05) is 0 Å². The van der Waals surface area contributed by atoms with Crippen molar-refractivity contribution in [2.45, 2.75) is 25.3 Å². The van der Waals surface area contributed by atoms with E-state index in [9.17, 15) is 14.4 Å². The van der Waals surface area contributed by atoms with E-state index < -0.39 is 48.1 Å². The third kappa shape index (κ3) is 1.23. The molecule has 6 heteroatoms. The molecule has 0 bridgehead atoms. The summed E-state index contributed by atoms with van der Waals surface area (Å²) in [4.78, 5) is 35.1. The van der Waals surface area contributed by atoms with Crippen LogP contribution >= 0.6 is 0 Å². The summed E-state index contributed by atoms with van der Waals surface area (Å²) in [6, 6.07) is -0.662. The number of hydrogen-bond donors (Lipinski definition) is 2. The first-order valence-corrected chi connectivity index (χ1v) is 5.59. The van der Waals surface area contributed by atoms with Crippen molar-refractivity contribution >= 4 is 17.9 Å². The van der Waals surface area contributed by atoms with Crippen molar-refractivity contribution in [1.29, 1.82) is 0 Å². The Hall–Kier alpha value is -1.59. The lowest BCUT2D eigenvalue weighted by Crippen LogP contribution is -2.48. The van der Waals surface area contributed by atoms with Gasteiger partial charge in [0, 0.05) is 8.66 Å². The van der Waals surface area contributed by atoms with Gasteiger partial charge in [-0.1, -0.05) is 0 Å². The number of imide groups is 1. The van der Waals surface area contributed by atoms with E-state index >= 15 is 0 Å². The Bertz CT molecular complexity index is 485. The van der Waals surface area contributed by atoms with Crippen LogP contribution in [0.5, 0.6) is 0 Å². The minimum atomic E-state index is -1.44. The molecule has 3 aliphatic rings. The third-order valence-corrected chi connectivity index (χ3v) is 3.66. The lowest BCUT2D eigenvalue weighted by atomic mass is 9.90. The first-order valence-electron chi connectivity index (χ1n) is 6.75. The van der Waals surface area contributed by atoms with E-state index in [-0.39, 0.29) is 12.5 Å². The van der Waals surface area contributed by atoms with Gasteiger partial charge in [-0.2, -0.15) is 0 Å². The largest absolute Gasteiger partial charge is 0.466 e. The highest BCUT2D eigenvalue weighted by Gasteiger charge is 2.73. The molecule has 92 valence electrons. The molecule has 1 aliphatic heterocycles. The summed E-state index contributed by atoms with van der Waals surface area (Å²) in [7, 11) is 0. The summed E-state index contributed by atoms with van der Waals surface area (Å²) in [6.07, 6.45) is -1.93. The van der Waals surface area contributed by atoms with Crippen molar-refractivity contribution in [3.05, 3.63) is 0 Å². The Morgan fingerprint density at radius 3 is 3.00 bits per heavy atom. The fourth-order valence-electron chi connectivity index (χ4n) is 2.91. The van der Waals surface area contributed by atoms with Crippen LogP contribution in [0.3, 0.4) is 0 Å². The SMILES string of the molecule is [3H]C1C([3H])[C@]2(NC(=O)NC2=O)[C@@H]2[C@@H](C(=O)OCC)[C@H]12. The van der Waals surface area contributed by atoms with Crippen LogP contribution in [-0.2, 0) is 14.3 Å². The molecule has 0 aromatic carbocycles. The number of hydrogen-bond acceptors (Lipinski definition) is 4. The van der Waals surface area contributed by atoms with E-state index in [1.165, 1.54) is 0 Å². The van der Waals surface area contributed by atoms with Crippen LogP contribution in [0.15, 0.2) is 0 Å². The fraction of sp³-hybridized carbons (Fsp3) is 0.727. The van der Waals surface area contributed by atoms with Crippen molar-refractivity contribution in [2.24, 2.45) is 17.8 Å². The number of fused-ring (bicyclic) bond motifs is 2. The molecular weight excluding hydrogens is 224 g/mol. The van der Waals surface area contributed by atoms with E-state index in [1.54, 1.807) is 6.92 Å². The molecule has 1 spiro atoms. The molecule has 0 radical (unpaired) electrons. The van der Waals surface area contributed by atoms with Gasteiger partial charge in [0.2, 0.25) is 0 Å². The van der Waals surface area contributed by atoms with E-state index in [0.29, 0.717) is 0 Å². The van der Waals surface area contributed by atoms with Gasteiger partial charge in [0.05, 0.1) is 12.5 Å². The lowest BCUT2D eigenvalue weighted by Gasteiger charge is -2.22. The normalized spacial score (nSPS) is 52.4. The van der Waals surface area contributed by atoms with Crippen LogP contribution in [0.2, 0.25) is 0 Å². The summed E-state index contributed by atoms with van der Waals surface area (Å²) >= 11 is 0. The quantitative estimate of drug-likeness (QED) is 0.518. The average molecular weight is 242 g/mol. The maximum atomic E-state index is 12.0. The first kappa shape index (κ1) is 8.49. The number of nitrogens with one attached hydrogen (secondary N) is 2. The summed E-state index contributed by atoms with van der Waals surface area (Å²) in [5.74, 6) is -2.49. The summed E-state index contributed by atoms with van der Waals surface area (Å²) in [5, 5.41) is 4.57. The van der Waals surface area contributed by atoms with Gasteiger partial charge in [0.1, 0.15) is 5.54 Å². The second-order valence-corrected chi connectivity index (χ2v) is 4.52. The number of carbonyl (C=O) groups excluding carboxylic acids is 3. The first-order chi connectivity index (χ1) is 8.95. The topological polar surface area (TPSA) is 84.5 Å². The van der Waals surface area contributed by atoms with Gasteiger partial charge in [-0.05, 0) is 25.6 Å². The average Bonchev–Trinajstić information content (AvgIpc) is 2.96. The monoisotopic (exact) mass is 242 g/mol. The molecule has 2 N–H and O–H groups in total. The number of amides is 3. The van der Waals surface area contributed by atoms with Gasteiger partial charge in [-0.15, -0.1) is 0 Å². The molecule has 0 aromatic heterocycles. The van der Waals surface area contributed by atoms with Gasteiger partial charge in [-0.25, -0.2) is 4.79 Å². The Balaban J connectivity index is 1.92. The van der Waals surface area contributed by atoms with Crippen molar-refractivity contribution in [3.8, 4) is 0 Å². The van der Waals surface area contributed by atoms with Crippen LogP contribution in [0.4, 0.5) is 4.79 Å². The highest BCUT2D eigenvalue weighted by Crippen LogP contribution is 2.63. The van der Waals surface area contributed by atoms with Crippen molar-refractivity contribution < 1.29 is 21.9 Å². The second-order valence-electron chi connectivity index (χ2n) is 4.52. The minimum Gasteiger partial charge on any atom is -0.466 e. The molecule has 2 saturated carbocycles. The van der Waals surface area contributed by atoms with E-state index in [0.717, 1.165) is 0 Å². The second kappa shape index (κ2) is 3.21. The Kier molecular flexibility index (Phi) is 1.60. The number of carbonyl (C=O) groups is 3. The standard InChI is InChI=1S/C11H14N2O4/c1-2-17-8(14)6-5-3-4-11(7(5)6)9(15)12-10(16)13-11/h5-7H,2-4H2,1H3,(H2,12,13,15,16)/t5-,6-,7-,11-/m0/s1/i3T,4T/t3?,4?,5-,6-,7-,11-. The van der Waals surface area contributed by atoms with Crippen molar-refractivity contribution in [3.63, 3.8) is 0 Å². The molecular formula is C11H14N2O4. The maximum Gasteiger partial charge on any atom is 0.322 e. The van der Waals surface area contributed by atoms with Gasteiger partial charge in [0.25, 0.3) is 5.91 Å². The Labute approximate surface area is 101 Å². The molecule has 17 heavy (non-hydrogen) atoms. The molecule has 0 aromatic rings. The molecule has 6 nitrogen and oxygen atoms in total. The van der Waals surface area contributed by atoms with Gasteiger partial charge in [0.15, 0.2) is 0 Å². The highest BCUT2D eigenvalue weighted by atomic mass is 16.5. The zero-order chi connectivity index (χ0) is 13.9. The predicted molar refractivity (Wildman–Crippen MR) is 55.7 cm³/mol. The smallest absolute Gasteiger partial charge is 0.322 e. The van der Waals surface area contributed by atoms with Gasteiger partial charge >= 0.3 is 12.0 Å². The summed E-state index contributed by atoms with van der Waals surface area (Å²) in [6.45, 7) is 1.91. The van der Waals surface area contributed by atoms with E-state index in [4.69, 9.17) is 7.48 Å². The zero-order valence-electron chi connectivity index (χ0n) is 11.2. The van der Waals surface area contributed by atoms with Crippen LogP contribution in [0, 0.1) is 17.8 Å². The van der Waals surface area contributed by atoms with E-state index in [2.05, 4.69) is 10.6 Å². The van der Waals surface area contributed by atoms with Gasteiger partial charge in [-0.3, -0.25) is 14.9 Å². The fourth-order valence-corrected chi connectivity index (χ4v) is 2.91. The summed E-state index contributed by atoms with van der Waals surface area (Å²) in [5.41, 5.74) is -1.44. The number of rotatable bonds is 2. The molecule has 6 atom stereocenters. The summed E-state index contributed by atoms with van der Waals surface area (Å²) < 4.78 is 20.9. The van der Waals surface area contributed by atoms with Crippen LogP contribution < -0.4 is 10.6 Å². The number of urea groups is 1. The minimum absolute atomic E-state index is 0.229. The molecule has 2 aliphatic carbocycles. The molecule has 3 fully saturated rings. The Morgan fingerprint density at radius 1 is 1.65 bits per heavy atom. The number of esters is 1. The van der Waals surface area contributed by atoms with Crippen molar-refractivity contribution in [2.75, 3.05) is 6.61 Å². The van der Waals surface area contributed by atoms with Crippen LogP contribution in [0.1, 0.15) is 22.5 Å².